The molecule has 8 heteroatoms. The van der Waals surface area contributed by atoms with Crippen LogP contribution in [0.5, 0.6) is 0 Å². The van der Waals surface area contributed by atoms with Gasteiger partial charge in [-0.1, -0.05) is 17.7 Å². The van der Waals surface area contributed by atoms with Gasteiger partial charge in [-0.05, 0) is 56.7 Å². The molecule has 0 radical (unpaired) electrons. The molecular weight excluding hydrogens is 448 g/mol. The number of amides is 2. The third-order valence-electron chi connectivity index (χ3n) is 6.91. The van der Waals surface area contributed by atoms with Crippen molar-refractivity contribution in [1.82, 2.24) is 19.4 Å². The molecule has 1 aliphatic heterocycles. The van der Waals surface area contributed by atoms with Crippen molar-refractivity contribution in [2.45, 2.75) is 52.0 Å². The van der Waals surface area contributed by atoms with Crippen LogP contribution in [0.1, 0.15) is 52.0 Å². The molecule has 0 saturated carbocycles. The molecule has 0 N–H and O–H groups in total. The monoisotopic (exact) mass is 478 g/mol. The molecule has 2 amide bonds. The molecule has 7 nitrogen and oxygen atoms in total. The molecule has 3 aromatic rings. The van der Waals surface area contributed by atoms with E-state index in [0.29, 0.717) is 38.3 Å². The van der Waals surface area contributed by atoms with Gasteiger partial charge in [0.25, 0.3) is 11.5 Å². The fourth-order valence-electron chi connectivity index (χ4n) is 5.05. The predicted molar refractivity (Wildman–Crippen MR) is 133 cm³/mol. The SMILES string of the molecule is Cc1cccc(C(=O)N2CCCN(C(=O)CCn3cnc4sc5c(c4c3=O)CCCC5)CC2)c1. The molecule has 3 heterocycles. The zero-order valence-corrected chi connectivity index (χ0v) is 20.4. The third-order valence-corrected chi connectivity index (χ3v) is 8.11. The van der Waals surface area contributed by atoms with E-state index in [9.17, 15) is 14.4 Å². The minimum absolute atomic E-state index is 0.0167. The number of hydrogen-bond donors (Lipinski definition) is 0. The molecule has 0 bridgehead atoms. The van der Waals surface area contributed by atoms with Crippen molar-refractivity contribution >= 4 is 33.4 Å². The first-order chi connectivity index (χ1) is 16.5. The average Bonchev–Trinajstić information content (AvgIpc) is 3.05. The lowest BCUT2D eigenvalue weighted by molar-refractivity contribution is -0.131. The molecule has 5 rings (SSSR count). The van der Waals surface area contributed by atoms with E-state index in [1.807, 2.05) is 41.0 Å². The molecule has 1 fully saturated rings. The summed E-state index contributed by atoms with van der Waals surface area (Å²) in [5.41, 5.74) is 2.90. The van der Waals surface area contributed by atoms with Crippen molar-refractivity contribution in [3.8, 4) is 0 Å². The number of thiophene rings is 1. The lowest BCUT2D eigenvalue weighted by atomic mass is 9.97. The van der Waals surface area contributed by atoms with Gasteiger partial charge in [0.1, 0.15) is 4.83 Å². The Kier molecular flexibility index (Phi) is 6.50. The summed E-state index contributed by atoms with van der Waals surface area (Å²) in [6.07, 6.45) is 6.86. The van der Waals surface area contributed by atoms with Gasteiger partial charge >= 0.3 is 0 Å². The van der Waals surface area contributed by atoms with Crippen LogP contribution >= 0.6 is 11.3 Å². The van der Waals surface area contributed by atoms with Crippen LogP contribution in [0, 0.1) is 6.92 Å². The standard InChI is InChI=1S/C26H30N4O3S/c1-18-6-4-7-19(16-18)25(32)29-12-5-11-28(14-15-29)22(31)10-13-30-17-27-24-23(26(30)33)20-8-2-3-9-21(20)34-24/h4,6-7,16-17H,2-3,5,8-15H2,1H3. The van der Waals surface area contributed by atoms with Gasteiger partial charge in [-0.3, -0.25) is 19.0 Å². The summed E-state index contributed by atoms with van der Waals surface area (Å²) in [6.45, 7) is 4.60. The zero-order valence-electron chi connectivity index (χ0n) is 19.6. The molecule has 1 aromatic carbocycles. The smallest absolute Gasteiger partial charge is 0.262 e. The van der Waals surface area contributed by atoms with Crippen LogP contribution in [0.15, 0.2) is 35.4 Å². The number of aromatic nitrogens is 2. The number of carbonyl (C=O) groups is 2. The highest BCUT2D eigenvalue weighted by Crippen LogP contribution is 2.33. The van der Waals surface area contributed by atoms with Gasteiger partial charge in [-0.15, -0.1) is 11.3 Å². The molecule has 1 aliphatic carbocycles. The predicted octanol–water partition coefficient (Wildman–Crippen LogP) is 3.41. The first-order valence-electron chi connectivity index (χ1n) is 12.1. The molecule has 2 aromatic heterocycles. The highest BCUT2D eigenvalue weighted by Gasteiger charge is 2.24. The van der Waals surface area contributed by atoms with Gasteiger partial charge in [0, 0.05) is 49.6 Å². The maximum atomic E-state index is 13.1. The number of aryl methyl sites for hydroxylation is 4. The average molecular weight is 479 g/mol. The lowest BCUT2D eigenvalue weighted by Crippen LogP contribution is -2.38. The molecule has 1 saturated heterocycles. The van der Waals surface area contributed by atoms with Gasteiger partial charge in [0.05, 0.1) is 11.7 Å². The molecule has 0 unspecified atom stereocenters. The maximum Gasteiger partial charge on any atom is 0.262 e. The second kappa shape index (κ2) is 9.70. The van der Waals surface area contributed by atoms with Gasteiger partial charge in [-0.25, -0.2) is 4.98 Å². The van der Waals surface area contributed by atoms with Crippen LogP contribution in [0.4, 0.5) is 0 Å². The Balaban J connectivity index is 1.22. The Morgan fingerprint density at radius 1 is 1.03 bits per heavy atom. The van der Waals surface area contributed by atoms with Crippen LogP contribution < -0.4 is 5.56 Å². The lowest BCUT2D eigenvalue weighted by Gasteiger charge is -2.22. The zero-order chi connectivity index (χ0) is 23.7. The summed E-state index contributed by atoms with van der Waals surface area (Å²) >= 11 is 1.64. The van der Waals surface area contributed by atoms with Gasteiger partial charge in [-0.2, -0.15) is 0 Å². The van der Waals surface area contributed by atoms with E-state index < -0.39 is 0 Å². The normalized spacial score (nSPS) is 16.4. The minimum Gasteiger partial charge on any atom is -0.341 e. The van der Waals surface area contributed by atoms with Crippen molar-refractivity contribution in [2.75, 3.05) is 26.2 Å². The van der Waals surface area contributed by atoms with E-state index in [-0.39, 0.29) is 23.8 Å². The Morgan fingerprint density at radius 2 is 1.82 bits per heavy atom. The van der Waals surface area contributed by atoms with Crippen LogP contribution in [0.25, 0.3) is 10.2 Å². The quantitative estimate of drug-likeness (QED) is 0.576. The Labute approximate surface area is 203 Å². The van der Waals surface area contributed by atoms with E-state index >= 15 is 0 Å². The summed E-state index contributed by atoms with van der Waals surface area (Å²) in [5.74, 6) is 0.0345. The van der Waals surface area contributed by atoms with Crippen LogP contribution in [-0.2, 0) is 24.2 Å². The number of fused-ring (bicyclic) bond motifs is 3. The molecule has 0 spiro atoms. The van der Waals surface area contributed by atoms with Crippen molar-refractivity contribution in [2.24, 2.45) is 0 Å². The minimum atomic E-state index is -0.0250. The van der Waals surface area contributed by atoms with Crippen molar-refractivity contribution in [3.05, 3.63) is 62.5 Å². The highest BCUT2D eigenvalue weighted by atomic mass is 32.1. The number of nitrogens with zero attached hydrogens (tertiary/aromatic N) is 4. The third kappa shape index (κ3) is 4.51. The van der Waals surface area contributed by atoms with Gasteiger partial charge < -0.3 is 9.80 Å². The first-order valence-corrected chi connectivity index (χ1v) is 13.0. The molecule has 2 aliphatic rings. The Bertz CT molecular complexity index is 1290. The number of hydrogen-bond acceptors (Lipinski definition) is 5. The number of rotatable bonds is 4. The summed E-state index contributed by atoms with van der Waals surface area (Å²) in [4.78, 5) is 49.3. The second-order valence-electron chi connectivity index (χ2n) is 9.28. The van der Waals surface area contributed by atoms with E-state index in [2.05, 4.69) is 4.98 Å². The van der Waals surface area contributed by atoms with E-state index in [4.69, 9.17) is 0 Å². The Morgan fingerprint density at radius 3 is 2.68 bits per heavy atom. The first kappa shape index (κ1) is 22.8. The van der Waals surface area contributed by atoms with Crippen LogP contribution in [-0.4, -0.2) is 57.3 Å². The fourth-order valence-corrected chi connectivity index (χ4v) is 6.26. The summed E-state index contributed by atoms with van der Waals surface area (Å²) in [6, 6.07) is 7.63. The number of carbonyl (C=O) groups excluding carboxylic acids is 2. The van der Waals surface area contributed by atoms with Crippen molar-refractivity contribution < 1.29 is 9.59 Å². The molecule has 0 atom stereocenters. The van der Waals surface area contributed by atoms with Gasteiger partial charge in [0.15, 0.2) is 0 Å². The fraction of sp³-hybridized carbons (Fsp3) is 0.462. The maximum absolute atomic E-state index is 13.1. The Hall–Kier alpha value is -3.00. The molecule has 178 valence electrons. The topological polar surface area (TPSA) is 75.5 Å². The van der Waals surface area contributed by atoms with E-state index in [0.717, 1.165) is 41.5 Å². The summed E-state index contributed by atoms with van der Waals surface area (Å²) in [5, 5.41) is 0.759. The van der Waals surface area contributed by atoms with Crippen molar-refractivity contribution in [1.29, 1.82) is 0 Å². The second-order valence-corrected chi connectivity index (χ2v) is 10.4. The number of benzene rings is 1. The molecular formula is C26H30N4O3S. The molecule has 34 heavy (non-hydrogen) atoms. The van der Waals surface area contributed by atoms with E-state index in [1.54, 1.807) is 22.2 Å². The van der Waals surface area contributed by atoms with Crippen LogP contribution in [0.2, 0.25) is 0 Å². The van der Waals surface area contributed by atoms with Crippen LogP contribution in [0.3, 0.4) is 0 Å². The summed E-state index contributed by atoms with van der Waals surface area (Å²) < 4.78 is 1.59. The van der Waals surface area contributed by atoms with Gasteiger partial charge in [0.2, 0.25) is 5.91 Å². The van der Waals surface area contributed by atoms with Crippen molar-refractivity contribution in [3.63, 3.8) is 0 Å². The van der Waals surface area contributed by atoms with E-state index in [1.165, 1.54) is 16.9 Å². The summed E-state index contributed by atoms with van der Waals surface area (Å²) in [7, 11) is 0. The highest BCUT2D eigenvalue weighted by molar-refractivity contribution is 7.18. The largest absolute Gasteiger partial charge is 0.341 e.